The summed E-state index contributed by atoms with van der Waals surface area (Å²) >= 11 is 0. The molecule has 0 aromatic carbocycles. The topological polar surface area (TPSA) is 72.9 Å². The smallest absolute Gasteiger partial charge is 0.221 e. The Labute approximate surface area is 83.3 Å². The first-order chi connectivity index (χ1) is 6.72. The molecule has 5 heteroatoms. The molecule has 0 aliphatic carbocycles. The second-order valence-corrected chi connectivity index (χ2v) is 3.16. The van der Waals surface area contributed by atoms with Gasteiger partial charge in [0.1, 0.15) is 0 Å². The first-order valence-corrected chi connectivity index (χ1v) is 4.66. The van der Waals surface area contributed by atoms with Gasteiger partial charge in [-0.2, -0.15) is 5.10 Å². The molecule has 0 fully saturated rings. The molecule has 0 atom stereocenters. The largest absolute Gasteiger partial charge is 0.356 e. The second kappa shape index (κ2) is 5.39. The molecule has 0 saturated carbocycles. The molecule has 0 unspecified atom stereocenters. The molecule has 3 N–H and O–H groups in total. The molecule has 1 amide bonds. The Balaban J connectivity index is 2.18. The maximum atomic E-state index is 11.0. The third kappa shape index (κ3) is 3.57. The third-order valence-electron chi connectivity index (χ3n) is 1.87. The number of nitrogens with zero attached hydrogens (tertiary/aromatic N) is 2. The van der Waals surface area contributed by atoms with Crippen LogP contribution in [0.1, 0.15) is 12.0 Å². The van der Waals surface area contributed by atoms with Crippen molar-refractivity contribution in [2.24, 2.45) is 12.8 Å². The van der Waals surface area contributed by atoms with Gasteiger partial charge in [0.2, 0.25) is 5.91 Å². The van der Waals surface area contributed by atoms with Crippen molar-refractivity contribution < 1.29 is 4.79 Å². The van der Waals surface area contributed by atoms with Crippen molar-refractivity contribution in [2.45, 2.75) is 12.8 Å². The van der Waals surface area contributed by atoms with E-state index in [1.165, 1.54) is 0 Å². The highest BCUT2D eigenvalue weighted by Crippen LogP contribution is 1.95. The van der Waals surface area contributed by atoms with Crippen LogP contribution in [0.2, 0.25) is 0 Å². The summed E-state index contributed by atoms with van der Waals surface area (Å²) in [5, 5.41) is 6.82. The van der Waals surface area contributed by atoms with Crippen molar-refractivity contribution in [1.82, 2.24) is 15.1 Å². The van der Waals surface area contributed by atoms with E-state index in [-0.39, 0.29) is 5.91 Å². The Kier molecular flexibility index (Phi) is 4.12. The molecule has 0 bridgehead atoms. The summed E-state index contributed by atoms with van der Waals surface area (Å²) in [5.41, 5.74) is 6.37. The van der Waals surface area contributed by atoms with Gasteiger partial charge >= 0.3 is 0 Å². The Morgan fingerprint density at radius 3 is 3.07 bits per heavy atom. The van der Waals surface area contributed by atoms with E-state index < -0.39 is 0 Å². The van der Waals surface area contributed by atoms with E-state index >= 15 is 0 Å². The molecule has 0 radical (unpaired) electrons. The molecule has 1 aromatic heterocycles. The number of amides is 1. The SMILES string of the molecule is Cn1cc(CCNC(=O)CCN)cn1. The van der Waals surface area contributed by atoms with Crippen LogP contribution in [0, 0.1) is 0 Å². The van der Waals surface area contributed by atoms with Crippen molar-refractivity contribution in [3.63, 3.8) is 0 Å². The Bertz CT molecular complexity index is 295. The lowest BCUT2D eigenvalue weighted by Crippen LogP contribution is -2.27. The average Bonchev–Trinajstić information content (AvgIpc) is 2.52. The fraction of sp³-hybridized carbons (Fsp3) is 0.556. The molecule has 78 valence electrons. The fourth-order valence-corrected chi connectivity index (χ4v) is 1.17. The molecule has 0 aliphatic heterocycles. The Morgan fingerprint density at radius 2 is 2.50 bits per heavy atom. The first kappa shape index (κ1) is 10.7. The fourth-order valence-electron chi connectivity index (χ4n) is 1.17. The molecule has 0 saturated heterocycles. The van der Waals surface area contributed by atoms with E-state index in [9.17, 15) is 4.79 Å². The van der Waals surface area contributed by atoms with Gasteiger partial charge in [-0.3, -0.25) is 9.48 Å². The predicted molar refractivity (Wildman–Crippen MR) is 53.6 cm³/mol. The van der Waals surface area contributed by atoms with Crippen LogP contribution in [0.15, 0.2) is 12.4 Å². The van der Waals surface area contributed by atoms with E-state index in [0.29, 0.717) is 19.5 Å². The van der Waals surface area contributed by atoms with Gasteiger partial charge in [-0.25, -0.2) is 0 Å². The molecule has 1 aromatic rings. The quantitative estimate of drug-likeness (QED) is 0.662. The zero-order valence-electron chi connectivity index (χ0n) is 8.36. The second-order valence-electron chi connectivity index (χ2n) is 3.16. The summed E-state index contributed by atoms with van der Waals surface area (Å²) in [6.45, 7) is 1.04. The van der Waals surface area contributed by atoms with Gasteiger partial charge in [0, 0.05) is 32.8 Å². The van der Waals surface area contributed by atoms with Crippen molar-refractivity contribution in [3.8, 4) is 0 Å². The van der Waals surface area contributed by atoms with Crippen LogP contribution in [0.5, 0.6) is 0 Å². The normalized spacial score (nSPS) is 10.1. The number of nitrogens with two attached hydrogens (primary N) is 1. The van der Waals surface area contributed by atoms with Gasteiger partial charge in [-0.1, -0.05) is 0 Å². The number of aryl methyl sites for hydroxylation is 1. The van der Waals surface area contributed by atoms with Gasteiger partial charge in [0.25, 0.3) is 0 Å². The van der Waals surface area contributed by atoms with Gasteiger partial charge in [0.05, 0.1) is 6.20 Å². The standard InChI is InChI=1S/C9H16N4O/c1-13-7-8(6-12-13)3-5-11-9(14)2-4-10/h6-7H,2-5,10H2,1H3,(H,11,14). The van der Waals surface area contributed by atoms with E-state index in [4.69, 9.17) is 5.73 Å². The molecule has 14 heavy (non-hydrogen) atoms. The number of carbonyl (C=O) groups is 1. The van der Waals surface area contributed by atoms with E-state index in [1.807, 2.05) is 13.2 Å². The molecule has 5 nitrogen and oxygen atoms in total. The minimum absolute atomic E-state index is 0.0105. The van der Waals surface area contributed by atoms with Crippen LogP contribution in [0.4, 0.5) is 0 Å². The van der Waals surface area contributed by atoms with Crippen molar-refractivity contribution in [1.29, 1.82) is 0 Å². The zero-order valence-corrected chi connectivity index (χ0v) is 8.36. The highest BCUT2D eigenvalue weighted by molar-refractivity contribution is 5.75. The minimum Gasteiger partial charge on any atom is -0.356 e. The maximum Gasteiger partial charge on any atom is 0.221 e. The summed E-state index contributed by atoms with van der Waals surface area (Å²) in [7, 11) is 1.87. The lowest BCUT2D eigenvalue weighted by Gasteiger charge is -2.01. The van der Waals surface area contributed by atoms with Crippen LogP contribution in [0.3, 0.4) is 0 Å². The Hall–Kier alpha value is -1.36. The number of aromatic nitrogens is 2. The highest BCUT2D eigenvalue weighted by atomic mass is 16.1. The van der Waals surface area contributed by atoms with Crippen LogP contribution in [0.25, 0.3) is 0 Å². The first-order valence-electron chi connectivity index (χ1n) is 4.66. The van der Waals surface area contributed by atoms with Gasteiger partial charge in [0.15, 0.2) is 0 Å². The predicted octanol–water partition coefficient (Wildman–Crippen LogP) is -0.572. The summed E-state index contributed by atoms with van der Waals surface area (Å²) in [5.74, 6) is 0.0105. The van der Waals surface area contributed by atoms with Crippen molar-refractivity contribution in [3.05, 3.63) is 18.0 Å². The van der Waals surface area contributed by atoms with Gasteiger partial charge in [-0.05, 0) is 12.0 Å². The van der Waals surface area contributed by atoms with Crippen LogP contribution < -0.4 is 11.1 Å². The van der Waals surface area contributed by atoms with Gasteiger partial charge < -0.3 is 11.1 Å². The molecule has 0 spiro atoms. The molecular formula is C9H16N4O. The minimum atomic E-state index is 0.0105. The number of rotatable bonds is 5. The molecule has 1 rings (SSSR count). The number of carbonyl (C=O) groups excluding carboxylic acids is 1. The Morgan fingerprint density at radius 1 is 1.71 bits per heavy atom. The molecule has 0 aliphatic rings. The van der Waals surface area contributed by atoms with Crippen molar-refractivity contribution >= 4 is 5.91 Å². The number of hydrogen-bond acceptors (Lipinski definition) is 3. The van der Waals surface area contributed by atoms with E-state index in [0.717, 1.165) is 12.0 Å². The average molecular weight is 196 g/mol. The summed E-state index contributed by atoms with van der Waals surface area (Å²) in [6, 6.07) is 0. The summed E-state index contributed by atoms with van der Waals surface area (Å²) in [4.78, 5) is 11.0. The highest BCUT2D eigenvalue weighted by Gasteiger charge is 1.99. The molecular weight excluding hydrogens is 180 g/mol. The van der Waals surface area contributed by atoms with E-state index in [2.05, 4.69) is 10.4 Å². The van der Waals surface area contributed by atoms with Crippen LogP contribution >= 0.6 is 0 Å². The number of nitrogens with one attached hydrogen (secondary N) is 1. The third-order valence-corrected chi connectivity index (χ3v) is 1.87. The lowest BCUT2D eigenvalue weighted by molar-refractivity contribution is -0.120. The van der Waals surface area contributed by atoms with Gasteiger partial charge in [-0.15, -0.1) is 0 Å². The maximum absolute atomic E-state index is 11.0. The van der Waals surface area contributed by atoms with Crippen LogP contribution in [-0.2, 0) is 18.3 Å². The zero-order chi connectivity index (χ0) is 10.4. The summed E-state index contributed by atoms with van der Waals surface area (Å²) in [6.07, 6.45) is 4.95. The van der Waals surface area contributed by atoms with E-state index in [1.54, 1.807) is 10.9 Å². The monoisotopic (exact) mass is 196 g/mol. The number of hydrogen-bond donors (Lipinski definition) is 2. The molecule has 1 heterocycles. The lowest BCUT2D eigenvalue weighted by atomic mass is 10.2. The summed E-state index contributed by atoms with van der Waals surface area (Å²) < 4.78 is 1.75. The van der Waals surface area contributed by atoms with Crippen LogP contribution in [-0.4, -0.2) is 28.8 Å². The van der Waals surface area contributed by atoms with Crippen molar-refractivity contribution in [2.75, 3.05) is 13.1 Å².